The fraction of sp³-hybridized carbons (Fsp3) is 0.0625. The Bertz CT molecular complexity index is 631. The first-order valence-corrected chi connectivity index (χ1v) is 6.14. The Kier molecular flexibility index (Phi) is 4.39. The summed E-state index contributed by atoms with van der Waals surface area (Å²) in [6.45, 7) is 0. The molecule has 0 amide bonds. The highest BCUT2D eigenvalue weighted by molar-refractivity contribution is 5.95. The predicted octanol–water partition coefficient (Wildman–Crippen LogP) is 3.42. The fourth-order valence-corrected chi connectivity index (χ4v) is 1.75. The van der Waals surface area contributed by atoms with Crippen molar-refractivity contribution in [3.05, 3.63) is 81.9 Å². The lowest BCUT2D eigenvalue weighted by molar-refractivity contribution is -0.384. The summed E-state index contributed by atoms with van der Waals surface area (Å²) < 4.78 is 0. The Morgan fingerprint density at radius 3 is 2.30 bits per heavy atom. The van der Waals surface area contributed by atoms with E-state index in [4.69, 9.17) is 0 Å². The summed E-state index contributed by atoms with van der Waals surface area (Å²) in [6.07, 6.45) is 3.52. The molecule has 0 aliphatic heterocycles. The topological polar surface area (TPSA) is 60.2 Å². The van der Waals surface area contributed by atoms with Crippen molar-refractivity contribution >= 4 is 17.5 Å². The number of benzene rings is 2. The molecule has 0 fully saturated rings. The smallest absolute Gasteiger partial charge is 0.269 e. The number of nitrogens with zero attached hydrogens (tertiary/aromatic N) is 1. The van der Waals surface area contributed by atoms with Gasteiger partial charge in [0.15, 0.2) is 5.78 Å². The number of hydrogen-bond acceptors (Lipinski definition) is 3. The van der Waals surface area contributed by atoms with Crippen molar-refractivity contribution in [2.75, 3.05) is 0 Å². The number of rotatable bonds is 5. The summed E-state index contributed by atoms with van der Waals surface area (Å²) in [5.74, 6) is -0.0392. The Morgan fingerprint density at radius 1 is 1.05 bits per heavy atom. The van der Waals surface area contributed by atoms with Gasteiger partial charge in [0.2, 0.25) is 0 Å². The van der Waals surface area contributed by atoms with Crippen molar-refractivity contribution in [1.82, 2.24) is 0 Å². The molecule has 0 aliphatic rings. The maximum atomic E-state index is 11.8. The number of ketones is 1. The van der Waals surface area contributed by atoms with E-state index in [-0.39, 0.29) is 17.9 Å². The minimum absolute atomic E-state index is 0.0287. The molecule has 0 atom stereocenters. The zero-order chi connectivity index (χ0) is 14.4. The molecular formula is C16H13NO3. The highest BCUT2D eigenvalue weighted by atomic mass is 16.6. The lowest BCUT2D eigenvalue weighted by atomic mass is 10.1. The van der Waals surface area contributed by atoms with Crippen molar-refractivity contribution in [3.63, 3.8) is 0 Å². The summed E-state index contributed by atoms with van der Waals surface area (Å²) >= 11 is 0. The van der Waals surface area contributed by atoms with E-state index in [2.05, 4.69) is 0 Å². The van der Waals surface area contributed by atoms with Crippen LogP contribution in [0.15, 0.2) is 60.7 Å². The molecule has 0 N–H and O–H groups in total. The van der Waals surface area contributed by atoms with E-state index < -0.39 is 4.92 Å². The second-order valence-corrected chi connectivity index (χ2v) is 4.31. The molecule has 0 bridgehead atoms. The van der Waals surface area contributed by atoms with Crippen LogP contribution in [0.25, 0.3) is 6.08 Å². The van der Waals surface area contributed by atoms with Gasteiger partial charge in [-0.05, 0) is 17.2 Å². The third-order valence-corrected chi connectivity index (χ3v) is 2.79. The summed E-state index contributed by atoms with van der Waals surface area (Å²) in [7, 11) is 0. The average Bonchev–Trinajstić information content (AvgIpc) is 2.47. The van der Waals surface area contributed by atoms with Gasteiger partial charge in [-0.25, -0.2) is 0 Å². The number of non-ortho nitro benzene ring substituents is 1. The SMILES string of the molecule is O=C(/C=C/c1ccccc1)Cc1ccc([N+](=O)[O-])cc1. The van der Waals surface area contributed by atoms with E-state index in [1.165, 1.54) is 18.2 Å². The largest absolute Gasteiger partial charge is 0.294 e. The molecule has 2 aromatic carbocycles. The molecular weight excluding hydrogens is 254 g/mol. The molecule has 100 valence electrons. The van der Waals surface area contributed by atoms with Crippen LogP contribution in [-0.4, -0.2) is 10.7 Å². The van der Waals surface area contributed by atoms with Crippen LogP contribution >= 0.6 is 0 Å². The van der Waals surface area contributed by atoms with E-state index in [1.807, 2.05) is 30.3 Å². The zero-order valence-corrected chi connectivity index (χ0v) is 10.7. The van der Waals surface area contributed by atoms with E-state index in [1.54, 1.807) is 18.2 Å². The summed E-state index contributed by atoms with van der Waals surface area (Å²) in [4.78, 5) is 21.8. The van der Waals surface area contributed by atoms with Gasteiger partial charge in [0, 0.05) is 18.6 Å². The number of nitro groups is 1. The van der Waals surface area contributed by atoms with Crippen LogP contribution in [0.5, 0.6) is 0 Å². The molecule has 0 saturated heterocycles. The minimum Gasteiger partial charge on any atom is -0.294 e. The van der Waals surface area contributed by atoms with E-state index >= 15 is 0 Å². The standard InChI is InChI=1S/C16H13NO3/c18-16(11-8-13-4-2-1-3-5-13)12-14-6-9-15(10-7-14)17(19)20/h1-11H,12H2/b11-8+. The van der Waals surface area contributed by atoms with Gasteiger partial charge in [-0.1, -0.05) is 48.5 Å². The van der Waals surface area contributed by atoms with Crippen molar-refractivity contribution < 1.29 is 9.72 Å². The molecule has 0 radical (unpaired) electrons. The van der Waals surface area contributed by atoms with Gasteiger partial charge < -0.3 is 0 Å². The Balaban J connectivity index is 1.98. The van der Waals surface area contributed by atoms with Crippen molar-refractivity contribution in [2.24, 2.45) is 0 Å². The highest BCUT2D eigenvalue weighted by Gasteiger charge is 2.05. The monoisotopic (exact) mass is 267 g/mol. The molecule has 0 unspecified atom stereocenters. The van der Waals surface area contributed by atoms with Crippen LogP contribution in [0, 0.1) is 10.1 Å². The van der Waals surface area contributed by atoms with Crippen LogP contribution in [0.1, 0.15) is 11.1 Å². The number of nitro benzene ring substituents is 1. The Morgan fingerprint density at radius 2 is 1.70 bits per heavy atom. The highest BCUT2D eigenvalue weighted by Crippen LogP contribution is 2.12. The van der Waals surface area contributed by atoms with Gasteiger partial charge >= 0.3 is 0 Å². The molecule has 0 saturated carbocycles. The van der Waals surface area contributed by atoms with Crippen LogP contribution in [0.3, 0.4) is 0 Å². The number of allylic oxidation sites excluding steroid dienone is 1. The maximum Gasteiger partial charge on any atom is 0.269 e. The molecule has 0 spiro atoms. The van der Waals surface area contributed by atoms with Gasteiger partial charge in [0.25, 0.3) is 5.69 Å². The summed E-state index contributed by atoms with van der Waals surface area (Å²) in [6, 6.07) is 15.6. The number of hydrogen-bond donors (Lipinski definition) is 0. The van der Waals surface area contributed by atoms with Gasteiger partial charge in [-0.2, -0.15) is 0 Å². The minimum atomic E-state index is -0.457. The summed E-state index contributed by atoms with van der Waals surface area (Å²) in [5.41, 5.74) is 1.75. The first-order chi connectivity index (χ1) is 9.65. The predicted molar refractivity (Wildman–Crippen MR) is 77.3 cm³/mol. The lowest BCUT2D eigenvalue weighted by Crippen LogP contribution is -1.98. The molecule has 2 aromatic rings. The summed E-state index contributed by atoms with van der Waals surface area (Å²) in [5, 5.41) is 10.5. The van der Waals surface area contributed by atoms with Gasteiger partial charge in [0.05, 0.1) is 4.92 Å². The van der Waals surface area contributed by atoms with Crippen LogP contribution in [-0.2, 0) is 11.2 Å². The molecule has 4 nitrogen and oxygen atoms in total. The molecule has 0 aromatic heterocycles. The number of carbonyl (C=O) groups is 1. The maximum absolute atomic E-state index is 11.8. The molecule has 0 aliphatic carbocycles. The normalized spacial score (nSPS) is 10.6. The van der Waals surface area contributed by atoms with E-state index in [0.717, 1.165) is 11.1 Å². The molecule has 0 heterocycles. The third-order valence-electron chi connectivity index (χ3n) is 2.79. The number of carbonyl (C=O) groups excluding carboxylic acids is 1. The quantitative estimate of drug-likeness (QED) is 0.473. The van der Waals surface area contributed by atoms with Gasteiger partial charge in [-0.15, -0.1) is 0 Å². The molecule has 2 rings (SSSR count). The fourth-order valence-electron chi connectivity index (χ4n) is 1.75. The molecule has 4 heteroatoms. The zero-order valence-electron chi connectivity index (χ0n) is 10.7. The average molecular weight is 267 g/mol. The van der Waals surface area contributed by atoms with E-state index in [9.17, 15) is 14.9 Å². The third kappa shape index (κ3) is 3.88. The lowest BCUT2D eigenvalue weighted by Gasteiger charge is -1.97. The first kappa shape index (κ1) is 13.7. The van der Waals surface area contributed by atoms with E-state index in [0.29, 0.717) is 0 Å². The first-order valence-electron chi connectivity index (χ1n) is 6.14. The second-order valence-electron chi connectivity index (χ2n) is 4.31. The Hall–Kier alpha value is -2.75. The van der Waals surface area contributed by atoms with Crippen molar-refractivity contribution in [2.45, 2.75) is 6.42 Å². The van der Waals surface area contributed by atoms with Crippen molar-refractivity contribution in [1.29, 1.82) is 0 Å². The van der Waals surface area contributed by atoms with Crippen LogP contribution in [0.4, 0.5) is 5.69 Å². The van der Waals surface area contributed by atoms with Gasteiger partial charge in [0.1, 0.15) is 0 Å². The second kappa shape index (κ2) is 6.43. The van der Waals surface area contributed by atoms with Crippen LogP contribution < -0.4 is 0 Å². The Labute approximate surface area is 116 Å². The van der Waals surface area contributed by atoms with Crippen molar-refractivity contribution in [3.8, 4) is 0 Å². The molecule has 20 heavy (non-hydrogen) atoms. The van der Waals surface area contributed by atoms with Crippen LogP contribution in [0.2, 0.25) is 0 Å². The van der Waals surface area contributed by atoms with Gasteiger partial charge in [-0.3, -0.25) is 14.9 Å².